The molecule has 0 aliphatic carbocycles. The van der Waals surface area contributed by atoms with Gasteiger partial charge in [0.2, 0.25) is 0 Å². The van der Waals surface area contributed by atoms with Gasteiger partial charge in [-0.3, -0.25) is 4.79 Å². The molecule has 2 rings (SSSR count). The molecule has 0 heterocycles. The molecule has 0 bridgehead atoms. The second-order valence-corrected chi connectivity index (χ2v) is 5.07. The summed E-state index contributed by atoms with van der Waals surface area (Å²) >= 11 is 3.35. The first kappa shape index (κ1) is 13.9. The number of hydrogen-bond acceptors (Lipinski definition) is 1. The number of Topliss-reactive ketones (excluding diaryl/α,β-unsaturated/α-hetero) is 1. The van der Waals surface area contributed by atoms with Crippen molar-refractivity contribution in [2.75, 3.05) is 0 Å². The summed E-state index contributed by atoms with van der Waals surface area (Å²) in [5, 5.41) is 0. The van der Waals surface area contributed by atoms with E-state index in [0.717, 1.165) is 28.2 Å². The van der Waals surface area contributed by atoms with Gasteiger partial charge in [0.1, 0.15) is 17.4 Å². The Balaban J connectivity index is 2.10. The van der Waals surface area contributed by atoms with Crippen LogP contribution in [0.2, 0.25) is 0 Å². The van der Waals surface area contributed by atoms with Gasteiger partial charge in [-0.1, -0.05) is 34.1 Å². The van der Waals surface area contributed by atoms with E-state index in [0.29, 0.717) is 0 Å². The van der Waals surface area contributed by atoms with Crippen LogP contribution in [0.1, 0.15) is 11.1 Å². The minimum absolute atomic E-state index is 0.0945. The van der Waals surface area contributed by atoms with Crippen molar-refractivity contribution in [1.82, 2.24) is 0 Å². The first-order chi connectivity index (χ1) is 9.06. The molecule has 19 heavy (non-hydrogen) atoms. The zero-order valence-electron chi connectivity index (χ0n) is 10.00. The minimum atomic E-state index is -0.554. The molecule has 0 saturated carbocycles. The molecule has 0 aliphatic heterocycles. The normalized spacial score (nSPS) is 10.5. The van der Waals surface area contributed by atoms with Gasteiger partial charge in [-0.15, -0.1) is 0 Å². The molecule has 4 heteroatoms. The highest BCUT2D eigenvalue weighted by Crippen LogP contribution is 2.18. The number of halogens is 3. The van der Waals surface area contributed by atoms with Crippen LogP contribution in [-0.4, -0.2) is 5.78 Å². The van der Waals surface area contributed by atoms with Crippen molar-refractivity contribution >= 4 is 21.7 Å². The fraction of sp³-hybridized carbons (Fsp3) is 0.133. The van der Waals surface area contributed by atoms with Crippen LogP contribution >= 0.6 is 15.9 Å². The molecule has 0 spiro atoms. The standard InChI is InChI=1S/C15H11BrF2O/c16-14-4-2-1-3-10(14)8-13(19)9-11-7-12(17)5-6-15(11)18/h1-7H,8-9H2. The van der Waals surface area contributed by atoms with Gasteiger partial charge >= 0.3 is 0 Å². The average Bonchev–Trinajstić information content (AvgIpc) is 2.37. The molecule has 2 aromatic carbocycles. The first-order valence-corrected chi connectivity index (χ1v) is 6.54. The predicted octanol–water partition coefficient (Wildman–Crippen LogP) is 4.08. The van der Waals surface area contributed by atoms with Crippen molar-refractivity contribution in [3.63, 3.8) is 0 Å². The number of carbonyl (C=O) groups excluding carboxylic acids is 1. The van der Waals surface area contributed by atoms with E-state index in [9.17, 15) is 13.6 Å². The van der Waals surface area contributed by atoms with E-state index in [2.05, 4.69) is 15.9 Å². The minimum Gasteiger partial charge on any atom is -0.299 e. The molecular weight excluding hydrogens is 314 g/mol. The Kier molecular flexibility index (Phi) is 4.43. The SMILES string of the molecule is O=C(Cc1cc(F)ccc1F)Cc1ccccc1Br. The van der Waals surface area contributed by atoms with E-state index in [4.69, 9.17) is 0 Å². The van der Waals surface area contributed by atoms with Gasteiger partial charge in [-0.05, 0) is 35.4 Å². The predicted molar refractivity (Wildman–Crippen MR) is 72.9 cm³/mol. The number of rotatable bonds is 4. The van der Waals surface area contributed by atoms with E-state index in [1.165, 1.54) is 0 Å². The molecule has 98 valence electrons. The second kappa shape index (κ2) is 6.06. The zero-order valence-corrected chi connectivity index (χ0v) is 11.6. The lowest BCUT2D eigenvalue weighted by atomic mass is 10.0. The van der Waals surface area contributed by atoms with Crippen molar-refractivity contribution in [3.05, 3.63) is 69.7 Å². The largest absolute Gasteiger partial charge is 0.299 e. The molecule has 0 N–H and O–H groups in total. The lowest BCUT2D eigenvalue weighted by molar-refractivity contribution is -0.117. The Morgan fingerprint density at radius 2 is 1.68 bits per heavy atom. The number of hydrogen-bond donors (Lipinski definition) is 0. The van der Waals surface area contributed by atoms with Gasteiger partial charge in [0.15, 0.2) is 0 Å². The van der Waals surface area contributed by atoms with Crippen LogP contribution in [0.25, 0.3) is 0 Å². The van der Waals surface area contributed by atoms with Crippen molar-refractivity contribution in [2.24, 2.45) is 0 Å². The maximum Gasteiger partial charge on any atom is 0.141 e. The smallest absolute Gasteiger partial charge is 0.141 e. The topological polar surface area (TPSA) is 17.1 Å². The second-order valence-electron chi connectivity index (χ2n) is 4.22. The van der Waals surface area contributed by atoms with Crippen molar-refractivity contribution in [1.29, 1.82) is 0 Å². The van der Waals surface area contributed by atoms with E-state index in [1.807, 2.05) is 24.3 Å². The summed E-state index contributed by atoms with van der Waals surface area (Å²) in [5.74, 6) is -1.25. The third-order valence-corrected chi connectivity index (χ3v) is 3.51. The van der Waals surface area contributed by atoms with E-state index in [-0.39, 0.29) is 24.2 Å². The lowest BCUT2D eigenvalue weighted by Gasteiger charge is -2.05. The van der Waals surface area contributed by atoms with Crippen molar-refractivity contribution < 1.29 is 13.6 Å². The van der Waals surface area contributed by atoms with Crippen LogP contribution in [0.5, 0.6) is 0 Å². The van der Waals surface area contributed by atoms with Crippen LogP contribution in [0.3, 0.4) is 0 Å². The van der Waals surface area contributed by atoms with Crippen LogP contribution in [0, 0.1) is 11.6 Å². The molecule has 2 aromatic rings. The molecule has 0 atom stereocenters. The zero-order chi connectivity index (χ0) is 13.8. The number of benzene rings is 2. The monoisotopic (exact) mass is 324 g/mol. The van der Waals surface area contributed by atoms with Gasteiger partial charge in [0.05, 0.1) is 0 Å². The summed E-state index contributed by atoms with van der Waals surface area (Å²) in [6.07, 6.45) is 0.0856. The van der Waals surface area contributed by atoms with E-state index in [1.54, 1.807) is 0 Å². The quantitative estimate of drug-likeness (QED) is 0.828. The van der Waals surface area contributed by atoms with Gasteiger partial charge in [0.25, 0.3) is 0 Å². The molecule has 0 amide bonds. The fourth-order valence-corrected chi connectivity index (χ4v) is 2.23. The molecule has 0 aromatic heterocycles. The number of carbonyl (C=O) groups is 1. The highest BCUT2D eigenvalue weighted by atomic mass is 79.9. The van der Waals surface area contributed by atoms with E-state index < -0.39 is 11.6 Å². The molecule has 0 unspecified atom stereocenters. The Bertz CT molecular complexity index is 611. The molecule has 0 radical (unpaired) electrons. The van der Waals surface area contributed by atoms with Gasteiger partial charge in [-0.25, -0.2) is 8.78 Å². The summed E-state index contributed by atoms with van der Waals surface area (Å²) in [6, 6.07) is 10.5. The van der Waals surface area contributed by atoms with Gasteiger partial charge in [0, 0.05) is 17.3 Å². The molecular formula is C15H11BrF2O. The van der Waals surface area contributed by atoms with Crippen LogP contribution in [0.15, 0.2) is 46.9 Å². The Hall–Kier alpha value is -1.55. The third-order valence-electron chi connectivity index (χ3n) is 2.74. The van der Waals surface area contributed by atoms with E-state index >= 15 is 0 Å². The van der Waals surface area contributed by atoms with Gasteiger partial charge in [-0.2, -0.15) is 0 Å². The van der Waals surface area contributed by atoms with Crippen LogP contribution in [0.4, 0.5) is 8.78 Å². The van der Waals surface area contributed by atoms with Gasteiger partial charge < -0.3 is 0 Å². The summed E-state index contributed by atoms with van der Waals surface area (Å²) in [4.78, 5) is 11.9. The van der Waals surface area contributed by atoms with Crippen molar-refractivity contribution in [3.8, 4) is 0 Å². The molecule has 1 nitrogen and oxygen atoms in total. The lowest BCUT2D eigenvalue weighted by Crippen LogP contribution is -2.08. The molecule has 0 aliphatic rings. The summed E-state index contributed by atoms with van der Waals surface area (Å²) < 4.78 is 27.3. The highest BCUT2D eigenvalue weighted by Gasteiger charge is 2.11. The number of ketones is 1. The maximum absolute atomic E-state index is 13.4. The highest BCUT2D eigenvalue weighted by molar-refractivity contribution is 9.10. The average molecular weight is 325 g/mol. The maximum atomic E-state index is 13.4. The first-order valence-electron chi connectivity index (χ1n) is 5.75. The van der Waals surface area contributed by atoms with Crippen LogP contribution < -0.4 is 0 Å². The fourth-order valence-electron chi connectivity index (χ4n) is 1.81. The summed E-state index contributed by atoms with van der Waals surface area (Å²) in [6.45, 7) is 0. The van der Waals surface area contributed by atoms with Crippen molar-refractivity contribution in [2.45, 2.75) is 12.8 Å². The Morgan fingerprint density at radius 3 is 2.42 bits per heavy atom. The molecule has 0 saturated heterocycles. The Morgan fingerprint density at radius 1 is 1.00 bits per heavy atom. The Labute approximate surface area is 118 Å². The summed E-state index contributed by atoms with van der Waals surface area (Å²) in [7, 11) is 0. The van der Waals surface area contributed by atoms with Crippen LogP contribution in [-0.2, 0) is 17.6 Å². The molecule has 0 fully saturated rings. The summed E-state index contributed by atoms with van der Waals surface area (Å²) in [5.41, 5.74) is 0.932. The third kappa shape index (κ3) is 3.70.